The zero-order chi connectivity index (χ0) is 16.9. The first-order chi connectivity index (χ1) is 10.9. The van der Waals surface area contributed by atoms with Crippen LogP contribution in [-0.2, 0) is 9.98 Å². The Hall–Kier alpha value is -1.75. The van der Waals surface area contributed by atoms with Gasteiger partial charge in [-0.25, -0.2) is 4.57 Å². The largest absolute Gasteiger partial charge is 0.466 e. The molecule has 122 valence electrons. The van der Waals surface area contributed by atoms with Crippen LogP contribution in [-0.4, -0.2) is 26.4 Å². The predicted molar refractivity (Wildman–Crippen MR) is 89.9 cm³/mol. The molecule has 1 unspecified atom stereocenters. The molecule has 3 rings (SSSR count). The van der Waals surface area contributed by atoms with Crippen molar-refractivity contribution in [2.45, 2.75) is 11.8 Å². The standard InChI is InChI=1S/C17H16O.H3O4P/c18-13-17(11-4-1-5-12-17)16-10-6-8-14-7-2-3-9-15(14)16;1-5(2,3)4/h1-11,18H,12-13H2;(H3,1,2,3,4). The van der Waals surface area contributed by atoms with Gasteiger partial charge in [0.2, 0.25) is 0 Å². The molecule has 0 aromatic heterocycles. The molecule has 0 radical (unpaired) electrons. The van der Waals surface area contributed by atoms with Gasteiger partial charge in [0.05, 0.1) is 6.61 Å². The van der Waals surface area contributed by atoms with Crippen molar-refractivity contribution in [3.8, 4) is 0 Å². The van der Waals surface area contributed by atoms with E-state index in [-0.39, 0.29) is 12.0 Å². The van der Waals surface area contributed by atoms with Crippen molar-refractivity contribution in [3.05, 3.63) is 72.3 Å². The highest BCUT2D eigenvalue weighted by Crippen LogP contribution is 2.36. The van der Waals surface area contributed by atoms with Crippen molar-refractivity contribution in [2.75, 3.05) is 6.61 Å². The fraction of sp³-hybridized carbons (Fsp3) is 0.176. The molecule has 6 heteroatoms. The summed E-state index contributed by atoms with van der Waals surface area (Å²) in [6.45, 7) is 0.141. The molecule has 0 fully saturated rings. The van der Waals surface area contributed by atoms with Crippen LogP contribution in [0, 0.1) is 0 Å². The van der Waals surface area contributed by atoms with Crippen molar-refractivity contribution in [3.63, 3.8) is 0 Å². The topological polar surface area (TPSA) is 98.0 Å². The van der Waals surface area contributed by atoms with E-state index in [1.54, 1.807) is 0 Å². The predicted octanol–water partition coefficient (Wildman–Crippen LogP) is 2.66. The number of aliphatic hydroxyl groups is 1. The van der Waals surface area contributed by atoms with E-state index >= 15 is 0 Å². The van der Waals surface area contributed by atoms with Crippen LogP contribution in [0.1, 0.15) is 12.0 Å². The number of aliphatic hydroxyl groups excluding tert-OH is 1. The second kappa shape index (κ2) is 7.21. The molecule has 5 nitrogen and oxygen atoms in total. The van der Waals surface area contributed by atoms with Crippen LogP contribution >= 0.6 is 7.82 Å². The first kappa shape index (κ1) is 17.6. The molecule has 1 aliphatic carbocycles. The quantitative estimate of drug-likeness (QED) is 0.633. The Morgan fingerprint density at radius 3 is 2.26 bits per heavy atom. The molecule has 0 aliphatic heterocycles. The van der Waals surface area contributed by atoms with E-state index in [0.717, 1.165) is 6.42 Å². The minimum absolute atomic E-state index is 0.141. The Bertz CT molecular complexity index is 764. The molecule has 0 spiro atoms. The summed E-state index contributed by atoms with van der Waals surface area (Å²) in [6.07, 6.45) is 9.17. The Labute approximate surface area is 134 Å². The van der Waals surface area contributed by atoms with Gasteiger partial charge in [-0.15, -0.1) is 0 Å². The summed E-state index contributed by atoms with van der Waals surface area (Å²) in [5.74, 6) is 0. The number of phosphoric acid groups is 1. The fourth-order valence-corrected chi connectivity index (χ4v) is 2.73. The van der Waals surface area contributed by atoms with Crippen LogP contribution in [0.2, 0.25) is 0 Å². The molecular formula is C17H19O5P. The molecule has 1 atom stereocenters. The minimum Gasteiger partial charge on any atom is -0.395 e. The first-order valence-electron chi connectivity index (χ1n) is 7.07. The van der Waals surface area contributed by atoms with Crippen LogP contribution in [0.4, 0.5) is 0 Å². The third kappa shape index (κ3) is 4.61. The third-order valence-corrected chi connectivity index (χ3v) is 3.75. The third-order valence-electron chi connectivity index (χ3n) is 3.75. The Morgan fingerprint density at radius 1 is 1.00 bits per heavy atom. The van der Waals surface area contributed by atoms with Crippen LogP contribution in [0.3, 0.4) is 0 Å². The summed E-state index contributed by atoms with van der Waals surface area (Å²) >= 11 is 0. The van der Waals surface area contributed by atoms with Crippen molar-refractivity contribution in [2.24, 2.45) is 0 Å². The number of hydrogen-bond donors (Lipinski definition) is 4. The van der Waals surface area contributed by atoms with Gasteiger partial charge in [-0.1, -0.05) is 66.8 Å². The summed E-state index contributed by atoms with van der Waals surface area (Å²) in [7, 11) is -4.64. The molecule has 2 aromatic rings. The maximum atomic E-state index is 9.87. The van der Waals surface area contributed by atoms with Gasteiger partial charge in [0, 0.05) is 5.41 Å². The summed E-state index contributed by atoms with van der Waals surface area (Å²) in [6, 6.07) is 14.7. The maximum Gasteiger partial charge on any atom is 0.466 e. The first-order valence-corrected chi connectivity index (χ1v) is 8.64. The maximum absolute atomic E-state index is 9.87. The summed E-state index contributed by atoms with van der Waals surface area (Å²) in [5, 5.41) is 12.3. The molecule has 4 N–H and O–H groups in total. The zero-order valence-electron chi connectivity index (χ0n) is 12.4. The molecule has 23 heavy (non-hydrogen) atoms. The van der Waals surface area contributed by atoms with E-state index < -0.39 is 7.82 Å². The van der Waals surface area contributed by atoms with Crippen LogP contribution in [0.25, 0.3) is 10.8 Å². The van der Waals surface area contributed by atoms with E-state index in [9.17, 15) is 5.11 Å². The molecule has 0 amide bonds. The number of benzene rings is 2. The van der Waals surface area contributed by atoms with Crippen molar-refractivity contribution in [1.82, 2.24) is 0 Å². The van der Waals surface area contributed by atoms with Crippen molar-refractivity contribution < 1.29 is 24.4 Å². The highest BCUT2D eigenvalue weighted by Gasteiger charge is 2.29. The lowest BCUT2D eigenvalue weighted by Crippen LogP contribution is -2.28. The SMILES string of the molecule is O=P(O)(O)O.OCC1(c2cccc3ccccc23)C=CC=CC1. The lowest BCUT2D eigenvalue weighted by atomic mass is 9.74. The summed E-state index contributed by atoms with van der Waals surface area (Å²) in [5.41, 5.74) is 0.944. The van der Waals surface area contributed by atoms with E-state index in [1.165, 1.54) is 16.3 Å². The number of allylic oxidation sites excluding steroid dienone is 3. The van der Waals surface area contributed by atoms with Crippen LogP contribution in [0.15, 0.2) is 66.8 Å². The van der Waals surface area contributed by atoms with Gasteiger partial charge in [0.25, 0.3) is 0 Å². The molecule has 0 saturated carbocycles. The number of hydrogen-bond acceptors (Lipinski definition) is 2. The van der Waals surface area contributed by atoms with E-state index in [2.05, 4.69) is 48.6 Å². The number of rotatable bonds is 2. The van der Waals surface area contributed by atoms with Crippen LogP contribution < -0.4 is 0 Å². The molecular weight excluding hydrogens is 315 g/mol. The molecule has 0 bridgehead atoms. The fourth-order valence-electron chi connectivity index (χ4n) is 2.73. The Morgan fingerprint density at radius 2 is 1.65 bits per heavy atom. The highest BCUT2D eigenvalue weighted by atomic mass is 31.2. The lowest BCUT2D eigenvalue weighted by Gasteiger charge is -2.31. The van der Waals surface area contributed by atoms with Crippen LogP contribution in [0.5, 0.6) is 0 Å². The van der Waals surface area contributed by atoms with Gasteiger partial charge in [-0.05, 0) is 22.8 Å². The monoisotopic (exact) mass is 334 g/mol. The normalized spacial score (nSPS) is 20.2. The second-order valence-corrected chi connectivity index (χ2v) is 6.37. The van der Waals surface area contributed by atoms with Crippen molar-refractivity contribution in [1.29, 1.82) is 0 Å². The molecule has 1 aliphatic rings. The minimum atomic E-state index is -4.64. The smallest absolute Gasteiger partial charge is 0.395 e. The van der Waals surface area contributed by atoms with Gasteiger partial charge < -0.3 is 19.8 Å². The van der Waals surface area contributed by atoms with Gasteiger partial charge in [-0.3, -0.25) is 0 Å². The Kier molecular flexibility index (Phi) is 5.52. The van der Waals surface area contributed by atoms with Gasteiger partial charge >= 0.3 is 7.82 Å². The van der Waals surface area contributed by atoms with E-state index in [1.807, 2.05) is 18.2 Å². The van der Waals surface area contributed by atoms with Gasteiger partial charge in [0.15, 0.2) is 0 Å². The van der Waals surface area contributed by atoms with Crippen molar-refractivity contribution >= 4 is 18.6 Å². The highest BCUT2D eigenvalue weighted by molar-refractivity contribution is 7.45. The molecule has 0 heterocycles. The zero-order valence-corrected chi connectivity index (χ0v) is 13.3. The van der Waals surface area contributed by atoms with E-state index in [4.69, 9.17) is 19.2 Å². The molecule has 2 aromatic carbocycles. The van der Waals surface area contributed by atoms with E-state index in [0.29, 0.717) is 0 Å². The summed E-state index contributed by atoms with van der Waals surface area (Å²) in [4.78, 5) is 21.6. The summed E-state index contributed by atoms with van der Waals surface area (Å²) < 4.78 is 8.88. The average molecular weight is 334 g/mol. The lowest BCUT2D eigenvalue weighted by molar-refractivity contribution is 0.226. The van der Waals surface area contributed by atoms with Gasteiger partial charge in [-0.2, -0.15) is 0 Å². The molecule has 0 saturated heterocycles. The second-order valence-electron chi connectivity index (χ2n) is 5.35. The average Bonchev–Trinajstić information content (AvgIpc) is 2.53. The Balaban J connectivity index is 0.000000338. The van der Waals surface area contributed by atoms with Gasteiger partial charge in [0.1, 0.15) is 0 Å². The number of fused-ring (bicyclic) bond motifs is 1.